The zero-order chi connectivity index (χ0) is 12.7. The van der Waals surface area contributed by atoms with E-state index in [0.717, 1.165) is 0 Å². The van der Waals surface area contributed by atoms with Gasteiger partial charge >= 0.3 is 29.6 Å². The van der Waals surface area contributed by atoms with E-state index in [1.54, 1.807) is 18.3 Å². The van der Waals surface area contributed by atoms with Gasteiger partial charge in [-0.15, -0.1) is 11.8 Å². The van der Waals surface area contributed by atoms with Crippen LogP contribution in [0.1, 0.15) is 5.69 Å². The maximum Gasteiger partial charge on any atom is 1.00 e. The molecule has 6 nitrogen and oxygen atoms in total. The van der Waals surface area contributed by atoms with E-state index in [1.807, 2.05) is 0 Å². The molecular formula is C11H6N3NaO3S. The van der Waals surface area contributed by atoms with E-state index in [2.05, 4.69) is 9.97 Å². The molecule has 0 spiro atoms. The summed E-state index contributed by atoms with van der Waals surface area (Å²) >= 11 is 1.27. The number of carbonyl (C=O) groups excluding carboxylic acids is 2. The Morgan fingerprint density at radius 1 is 1.53 bits per heavy atom. The Hall–Kier alpha value is -1.15. The molecule has 90 valence electrons. The molecule has 1 aromatic rings. The number of amides is 1. The van der Waals surface area contributed by atoms with Crippen LogP contribution in [0.15, 0.2) is 35.3 Å². The van der Waals surface area contributed by atoms with Gasteiger partial charge in [-0.1, -0.05) is 0 Å². The Morgan fingerprint density at radius 2 is 2.32 bits per heavy atom. The molecule has 0 aromatic carbocycles. The average Bonchev–Trinajstić information content (AvgIpc) is 2.77. The number of aliphatic carboxylic acids is 1. The Morgan fingerprint density at radius 3 is 2.95 bits per heavy atom. The van der Waals surface area contributed by atoms with Crippen molar-refractivity contribution in [1.82, 2.24) is 14.9 Å². The molecule has 1 atom stereocenters. The predicted molar refractivity (Wildman–Crippen MR) is 61.3 cm³/mol. The molecule has 1 fully saturated rings. The largest absolute Gasteiger partial charge is 1.00 e. The third-order valence-corrected chi connectivity index (χ3v) is 3.73. The minimum Gasteiger partial charge on any atom is -0.543 e. The third kappa shape index (κ3) is 2.34. The predicted octanol–water partition coefficient (Wildman–Crippen LogP) is -3.63. The van der Waals surface area contributed by atoms with Crippen molar-refractivity contribution in [2.24, 2.45) is 0 Å². The monoisotopic (exact) mass is 283 g/mol. The van der Waals surface area contributed by atoms with Crippen molar-refractivity contribution in [1.29, 1.82) is 0 Å². The number of aromatic nitrogens is 2. The minimum atomic E-state index is -1.33. The van der Waals surface area contributed by atoms with Crippen LogP contribution in [0.25, 0.3) is 6.08 Å². The molecule has 2 aliphatic rings. The van der Waals surface area contributed by atoms with Crippen LogP contribution in [0, 0.1) is 0 Å². The van der Waals surface area contributed by atoms with Gasteiger partial charge in [0.1, 0.15) is 11.7 Å². The van der Waals surface area contributed by atoms with Crippen LogP contribution in [0.2, 0.25) is 0 Å². The van der Waals surface area contributed by atoms with Gasteiger partial charge in [0.05, 0.1) is 22.9 Å². The fraction of sp³-hybridized carbons (Fsp3) is 0.0909. The molecule has 3 heterocycles. The Kier molecular flexibility index (Phi) is 4.10. The van der Waals surface area contributed by atoms with E-state index in [1.165, 1.54) is 28.4 Å². The van der Waals surface area contributed by atoms with E-state index in [0.29, 0.717) is 11.3 Å². The van der Waals surface area contributed by atoms with Gasteiger partial charge < -0.3 is 9.90 Å². The Labute approximate surface area is 134 Å². The van der Waals surface area contributed by atoms with Crippen LogP contribution in [0.3, 0.4) is 0 Å². The number of thioether (sulfide) groups is 1. The van der Waals surface area contributed by atoms with Crippen molar-refractivity contribution < 1.29 is 44.3 Å². The van der Waals surface area contributed by atoms with Gasteiger partial charge in [-0.25, -0.2) is 9.97 Å². The number of β-lactam (4-membered cyclic amide) rings is 1. The van der Waals surface area contributed by atoms with Crippen LogP contribution in [0.4, 0.5) is 0 Å². The summed E-state index contributed by atoms with van der Waals surface area (Å²) in [4.78, 5) is 31.6. The number of carboxylic acids is 1. The van der Waals surface area contributed by atoms with E-state index >= 15 is 0 Å². The van der Waals surface area contributed by atoms with Crippen LogP contribution < -0.4 is 34.7 Å². The van der Waals surface area contributed by atoms with Crippen LogP contribution in [-0.4, -0.2) is 32.1 Å². The first-order valence-electron chi connectivity index (χ1n) is 5.06. The normalized spacial score (nSPS) is 22.4. The second kappa shape index (κ2) is 5.46. The first-order valence-corrected chi connectivity index (χ1v) is 6.01. The molecule has 1 saturated heterocycles. The van der Waals surface area contributed by atoms with Gasteiger partial charge in [0, 0.05) is 6.20 Å². The summed E-state index contributed by atoms with van der Waals surface area (Å²) in [5.74, 6) is -1.65. The molecule has 0 aliphatic carbocycles. The summed E-state index contributed by atoms with van der Waals surface area (Å²) in [5.41, 5.74) is 1.08. The number of rotatable bonds is 2. The fourth-order valence-corrected chi connectivity index (χ4v) is 2.92. The summed E-state index contributed by atoms with van der Waals surface area (Å²) in [7, 11) is 0. The quantitative estimate of drug-likeness (QED) is 0.316. The van der Waals surface area contributed by atoms with Crippen LogP contribution >= 0.6 is 11.8 Å². The van der Waals surface area contributed by atoms with Gasteiger partial charge in [0.2, 0.25) is 0 Å². The van der Waals surface area contributed by atoms with Crippen LogP contribution in [0.5, 0.6) is 0 Å². The number of hydrogen-bond acceptors (Lipinski definition) is 6. The average molecular weight is 283 g/mol. The second-order valence-corrected chi connectivity index (χ2v) is 4.64. The molecule has 19 heavy (non-hydrogen) atoms. The zero-order valence-electron chi connectivity index (χ0n) is 9.94. The van der Waals surface area contributed by atoms with Gasteiger partial charge in [-0.05, 0) is 17.6 Å². The summed E-state index contributed by atoms with van der Waals surface area (Å²) in [6.45, 7) is 0. The smallest absolute Gasteiger partial charge is 0.543 e. The fourth-order valence-electron chi connectivity index (χ4n) is 1.80. The van der Waals surface area contributed by atoms with Gasteiger partial charge in [0.15, 0.2) is 0 Å². The van der Waals surface area contributed by atoms with Crippen molar-refractivity contribution >= 4 is 29.7 Å². The van der Waals surface area contributed by atoms with Gasteiger partial charge in [-0.2, -0.15) is 0 Å². The van der Waals surface area contributed by atoms with E-state index < -0.39 is 5.97 Å². The molecule has 1 aromatic heterocycles. The van der Waals surface area contributed by atoms with E-state index in [-0.39, 0.29) is 46.5 Å². The molecule has 1 amide bonds. The molecular weight excluding hydrogens is 277 g/mol. The van der Waals surface area contributed by atoms with Crippen molar-refractivity contribution in [3.05, 3.63) is 41.0 Å². The number of carboxylic acid groups (broad SMARTS) is 1. The Balaban J connectivity index is 0.00000133. The molecule has 0 N–H and O–H groups in total. The third-order valence-electron chi connectivity index (χ3n) is 2.65. The van der Waals surface area contributed by atoms with E-state index in [9.17, 15) is 14.7 Å². The maximum atomic E-state index is 11.8. The Bertz CT molecular complexity index is 602. The topological polar surface area (TPSA) is 86.2 Å². The number of hydrogen-bond donors (Lipinski definition) is 0. The SMILES string of the molecule is O=C([O-])C1=CS[C@@H]2C(=Cc3ccncn3)C(=O)N12.[Na+]. The van der Waals surface area contributed by atoms with Crippen molar-refractivity contribution in [2.75, 3.05) is 0 Å². The summed E-state index contributed by atoms with van der Waals surface area (Å²) in [6.07, 6.45) is 4.61. The molecule has 0 unspecified atom stereocenters. The first-order chi connectivity index (χ1) is 8.68. The first kappa shape index (κ1) is 14.3. The maximum absolute atomic E-state index is 11.8. The molecule has 0 saturated carbocycles. The van der Waals surface area contributed by atoms with Crippen LogP contribution in [-0.2, 0) is 9.59 Å². The second-order valence-electron chi connectivity index (χ2n) is 3.69. The standard InChI is InChI=1S/C11H7N3O3S.Na/c15-9-7(3-6-1-2-12-5-13-6)10-14(9)8(4-18-10)11(16)17;/h1-5,10H,(H,16,17);/q;+1/p-1/t10-;/m1./s1. The van der Waals surface area contributed by atoms with Gasteiger partial charge in [-0.3, -0.25) is 9.69 Å². The molecule has 0 radical (unpaired) electrons. The zero-order valence-corrected chi connectivity index (χ0v) is 12.8. The molecule has 3 rings (SSSR count). The van der Waals surface area contributed by atoms with Crippen molar-refractivity contribution in [3.63, 3.8) is 0 Å². The van der Waals surface area contributed by atoms with Crippen molar-refractivity contribution in [2.45, 2.75) is 5.37 Å². The van der Waals surface area contributed by atoms with Gasteiger partial charge in [0.25, 0.3) is 5.91 Å². The molecule has 8 heteroatoms. The molecule has 0 bridgehead atoms. The number of fused-ring (bicyclic) bond motifs is 1. The molecule has 2 aliphatic heterocycles. The van der Waals surface area contributed by atoms with Crippen molar-refractivity contribution in [3.8, 4) is 0 Å². The summed E-state index contributed by atoms with van der Waals surface area (Å²) in [6, 6.07) is 1.68. The summed E-state index contributed by atoms with van der Waals surface area (Å²) < 4.78 is 0. The number of nitrogens with zero attached hydrogens (tertiary/aromatic N) is 3. The minimum absolute atomic E-state index is 0. The summed E-state index contributed by atoms with van der Waals surface area (Å²) in [5, 5.41) is 11.9. The number of carbonyl (C=O) groups is 2. The van der Waals surface area contributed by atoms with E-state index in [4.69, 9.17) is 0 Å².